The molecular weight excluding hydrogens is 490 g/mol. The molecule has 186 valence electrons. The van der Waals surface area contributed by atoms with Gasteiger partial charge in [0.05, 0.1) is 47.4 Å². The quantitative estimate of drug-likeness (QED) is 0.267. The number of aromatic nitrogens is 4. The van der Waals surface area contributed by atoms with E-state index in [2.05, 4.69) is 15.3 Å². The maximum absolute atomic E-state index is 12.7. The number of methoxy groups -OCH3 is 2. The molecular formula is C28H24ClN5O3. The van der Waals surface area contributed by atoms with Crippen molar-refractivity contribution in [3.63, 3.8) is 0 Å². The smallest absolute Gasteiger partial charge is 0.340 e. The molecule has 1 N–H and O–H groups in total. The molecule has 0 saturated heterocycles. The molecule has 5 rings (SSSR count). The normalized spacial score (nSPS) is 10.9. The Morgan fingerprint density at radius 3 is 2.54 bits per heavy atom. The van der Waals surface area contributed by atoms with Crippen LogP contribution in [0.4, 0.5) is 11.5 Å². The molecule has 0 radical (unpaired) electrons. The van der Waals surface area contributed by atoms with Gasteiger partial charge >= 0.3 is 5.97 Å². The van der Waals surface area contributed by atoms with Crippen LogP contribution in [0.25, 0.3) is 27.8 Å². The average Bonchev–Trinajstić information content (AvgIpc) is 3.24. The second-order valence-electron chi connectivity index (χ2n) is 8.39. The summed E-state index contributed by atoms with van der Waals surface area (Å²) in [5.41, 5.74) is 6.29. The summed E-state index contributed by atoms with van der Waals surface area (Å²) in [5, 5.41) is 8.79. The molecule has 9 heteroatoms. The van der Waals surface area contributed by atoms with E-state index in [1.807, 2.05) is 54.9 Å². The van der Waals surface area contributed by atoms with Crippen molar-refractivity contribution >= 4 is 40.1 Å². The third kappa shape index (κ3) is 4.36. The number of halogens is 1. The van der Waals surface area contributed by atoms with Gasteiger partial charge < -0.3 is 14.8 Å². The zero-order valence-electron chi connectivity index (χ0n) is 20.7. The van der Waals surface area contributed by atoms with E-state index in [0.29, 0.717) is 38.9 Å². The molecule has 8 nitrogen and oxygen atoms in total. The number of nitrogens with zero attached hydrogens (tertiary/aromatic N) is 4. The topological polar surface area (TPSA) is 91.2 Å². The summed E-state index contributed by atoms with van der Waals surface area (Å²) in [4.78, 5) is 21.5. The summed E-state index contributed by atoms with van der Waals surface area (Å²) in [6.45, 7) is 3.93. The summed E-state index contributed by atoms with van der Waals surface area (Å²) in [6, 6.07) is 16.9. The number of fused-ring (bicyclic) bond motifs is 1. The van der Waals surface area contributed by atoms with Crippen molar-refractivity contribution in [2.24, 2.45) is 0 Å². The summed E-state index contributed by atoms with van der Waals surface area (Å²) in [7, 11) is 2.89. The monoisotopic (exact) mass is 513 g/mol. The van der Waals surface area contributed by atoms with Crippen molar-refractivity contribution in [3.05, 3.63) is 88.8 Å². The number of ether oxygens (including phenoxy) is 2. The van der Waals surface area contributed by atoms with Gasteiger partial charge in [0.2, 0.25) is 0 Å². The van der Waals surface area contributed by atoms with Gasteiger partial charge in [-0.3, -0.25) is 9.97 Å². The molecule has 0 atom stereocenters. The number of carbonyl (C=O) groups is 1. The van der Waals surface area contributed by atoms with Crippen molar-refractivity contribution in [1.29, 1.82) is 0 Å². The molecule has 0 fully saturated rings. The lowest BCUT2D eigenvalue weighted by Crippen LogP contribution is -2.09. The molecule has 0 aliphatic carbocycles. The second-order valence-corrected chi connectivity index (χ2v) is 8.76. The number of nitrogens with one attached hydrogen (secondary N) is 1. The summed E-state index contributed by atoms with van der Waals surface area (Å²) in [6.07, 6.45) is 3.24. The Balaban J connectivity index is 1.78. The third-order valence-corrected chi connectivity index (χ3v) is 6.52. The van der Waals surface area contributed by atoms with Gasteiger partial charge in [-0.25, -0.2) is 9.48 Å². The van der Waals surface area contributed by atoms with Gasteiger partial charge in [0, 0.05) is 23.5 Å². The predicted molar refractivity (Wildman–Crippen MR) is 144 cm³/mol. The van der Waals surface area contributed by atoms with E-state index in [9.17, 15) is 4.79 Å². The lowest BCUT2D eigenvalue weighted by molar-refractivity contribution is 0.0601. The number of rotatable bonds is 6. The van der Waals surface area contributed by atoms with Crippen LogP contribution in [0.1, 0.15) is 21.6 Å². The van der Waals surface area contributed by atoms with Crippen LogP contribution in [0.5, 0.6) is 5.75 Å². The number of hydrogen-bond donors (Lipinski definition) is 1. The van der Waals surface area contributed by atoms with Crippen molar-refractivity contribution in [1.82, 2.24) is 19.7 Å². The van der Waals surface area contributed by atoms with Crippen LogP contribution in [0, 0.1) is 13.8 Å². The van der Waals surface area contributed by atoms with Crippen LogP contribution in [-0.2, 0) is 4.74 Å². The zero-order chi connectivity index (χ0) is 26.1. The molecule has 0 spiro atoms. The molecule has 0 amide bonds. The lowest BCUT2D eigenvalue weighted by Gasteiger charge is -2.17. The first-order chi connectivity index (χ1) is 17.9. The standard InChI is InChI=1S/C28H24ClN5O3/c1-16-7-5-6-8-23(16)34-27(32-21-11-9-18(36-3)15-20(21)28(35)37-4)24(17(2)33-34)19-10-12-22-26(25(19)29)31-14-13-30-22/h5-15,32H,1-4H3. The fourth-order valence-corrected chi connectivity index (χ4v) is 4.61. The number of para-hydroxylation sites is 1. The Kier molecular flexibility index (Phi) is 6.50. The van der Waals surface area contributed by atoms with E-state index in [4.69, 9.17) is 26.2 Å². The Bertz CT molecular complexity index is 1650. The summed E-state index contributed by atoms with van der Waals surface area (Å²) >= 11 is 6.90. The fraction of sp³-hybridized carbons (Fsp3) is 0.143. The van der Waals surface area contributed by atoms with Crippen molar-refractivity contribution in [2.75, 3.05) is 19.5 Å². The highest BCUT2D eigenvalue weighted by Gasteiger charge is 2.24. The van der Waals surface area contributed by atoms with Gasteiger partial charge in [-0.15, -0.1) is 0 Å². The molecule has 0 unspecified atom stereocenters. The van der Waals surface area contributed by atoms with Crippen LogP contribution in [0.3, 0.4) is 0 Å². The largest absolute Gasteiger partial charge is 0.497 e. The van der Waals surface area contributed by atoms with Gasteiger partial charge in [0.25, 0.3) is 0 Å². The minimum absolute atomic E-state index is 0.318. The first kappa shape index (κ1) is 24.3. The van der Waals surface area contributed by atoms with Crippen molar-refractivity contribution < 1.29 is 14.3 Å². The maximum atomic E-state index is 12.7. The first-order valence-corrected chi connectivity index (χ1v) is 11.9. The van der Waals surface area contributed by atoms with E-state index in [0.717, 1.165) is 28.1 Å². The number of esters is 1. The fourth-order valence-electron chi connectivity index (χ4n) is 4.30. The van der Waals surface area contributed by atoms with E-state index >= 15 is 0 Å². The molecule has 0 saturated carbocycles. The number of anilines is 2. The number of benzene rings is 3. The highest BCUT2D eigenvalue weighted by Crippen LogP contribution is 2.41. The van der Waals surface area contributed by atoms with Crippen LogP contribution in [0.2, 0.25) is 5.02 Å². The van der Waals surface area contributed by atoms with Crippen molar-refractivity contribution in [3.8, 4) is 22.6 Å². The molecule has 37 heavy (non-hydrogen) atoms. The van der Waals surface area contributed by atoms with E-state index < -0.39 is 5.97 Å². The molecule has 3 aromatic carbocycles. The Morgan fingerprint density at radius 2 is 1.78 bits per heavy atom. The van der Waals surface area contributed by atoms with E-state index in [-0.39, 0.29) is 0 Å². The predicted octanol–water partition coefficient (Wildman–Crippen LogP) is 6.29. The van der Waals surface area contributed by atoms with Gasteiger partial charge in [-0.05, 0) is 49.7 Å². The lowest BCUT2D eigenvalue weighted by atomic mass is 10.0. The summed E-state index contributed by atoms with van der Waals surface area (Å²) < 4.78 is 12.2. The molecule has 5 aromatic rings. The third-order valence-electron chi connectivity index (χ3n) is 6.14. The average molecular weight is 514 g/mol. The van der Waals surface area contributed by atoms with Crippen molar-refractivity contribution in [2.45, 2.75) is 13.8 Å². The molecule has 0 aliphatic heterocycles. The first-order valence-electron chi connectivity index (χ1n) is 11.5. The van der Waals surface area contributed by atoms with Gasteiger partial charge in [-0.2, -0.15) is 5.10 Å². The number of carbonyl (C=O) groups excluding carboxylic acids is 1. The summed E-state index contributed by atoms with van der Waals surface area (Å²) in [5.74, 6) is 0.666. The second kappa shape index (κ2) is 9.91. The van der Waals surface area contributed by atoms with Crippen LogP contribution < -0.4 is 10.1 Å². The van der Waals surface area contributed by atoms with Crippen LogP contribution in [0.15, 0.2) is 67.0 Å². The number of hydrogen-bond acceptors (Lipinski definition) is 7. The van der Waals surface area contributed by atoms with Gasteiger partial charge in [0.15, 0.2) is 0 Å². The Morgan fingerprint density at radius 1 is 1.00 bits per heavy atom. The molecule has 0 bridgehead atoms. The minimum atomic E-state index is -0.499. The zero-order valence-corrected chi connectivity index (χ0v) is 21.5. The van der Waals surface area contributed by atoms with E-state index in [1.54, 1.807) is 37.7 Å². The Hall–Kier alpha value is -4.43. The maximum Gasteiger partial charge on any atom is 0.340 e. The van der Waals surface area contributed by atoms with E-state index in [1.165, 1.54) is 7.11 Å². The molecule has 2 aromatic heterocycles. The van der Waals surface area contributed by atoms with Gasteiger partial charge in [0.1, 0.15) is 17.1 Å². The number of aryl methyl sites for hydroxylation is 2. The Labute approximate surface area is 218 Å². The molecule has 0 aliphatic rings. The highest BCUT2D eigenvalue weighted by molar-refractivity contribution is 6.38. The highest BCUT2D eigenvalue weighted by atomic mass is 35.5. The van der Waals surface area contributed by atoms with Crippen LogP contribution >= 0.6 is 11.6 Å². The molecule has 2 heterocycles. The van der Waals surface area contributed by atoms with Gasteiger partial charge in [-0.1, -0.05) is 35.9 Å². The van der Waals surface area contributed by atoms with Crippen LogP contribution in [-0.4, -0.2) is 39.9 Å². The minimum Gasteiger partial charge on any atom is -0.497 e. The SMILES string of the molecule is COC(=O)c1cc(OC)ccc1Nc1c(-c2ccc3nccnc3c2Cl)c(C)nn1-c1ccccc1C.